The lowest BCUT2D eigenvalue weighted by Crippen LogP contribution is -2.12. The molecule has 0 saturated heterocycles. The molecule has 3 aromatic rings. The highest BCUT2D eigenvalue weighted by atomic mass is 35.5. The Labute approximate surface area is 179 Å². The molecule has 0 fully saturated rings. The van der Waals surface area contributed by atoms with Gasteiger partial charge in [0.2, 0.25) is 0 Å². The van der Waals surface area contributed by atoms with Crippen molar-refractivity contribution in [2.45, 2.75) is 13.5 Å². The molecule has 0 amide bonds. The first-order valence-electron chi connectivity index (χ1n) is 9.27. The number of halogens is 1. The Bertz CT molecular complexity index is 1070. The van der Waals surface area contributed by atoms with Gasteiger partial charge in [-0.1, -0.05) is 54.1 Å². The van der Waals surface area contributed by atoms with Crippen LogP contribution in [0.25, 0.3) is 6.08 Å². The van der Waals surface area contributed by atoms with Crippen LogP contribution in [0, 0.1) is 6.92 Å². The maximum absolute atomic E-state index is 12.0. The van der Waals surface area contributed by atoms with Gasteiger partial charge in [-0.15, -0.1) is 0 Å². The van der Waals surface area contributed by atoms with E-state index in [0.717, 1.165) is 11.3 Å². The van der Waals surface area contributed by atoms with Crippen LogP contribution in [-0.4, -0.2) is 35.2 Å². The smallest absolute Gasteiger partial charge is 0.331 e. The number of esters is 1. The number of hydrogen-bond acceptors (Lipinski definition) is 5. The number of ketones is 1. The summed E-state index contributed by atoms with van der Waals surface area (Å²) < 4.78 is 11.9. The number of ether oxygens (including phenoxy) is 2. The zero-order valence-corrected chi connectivity index (χ0v) is 17.4. The number of rotatable bonds is 8. The number of carbonyl (C=O) groups excluding carboxylic acids is 2. The van der Waals surface area contributed by atoms with E-state index in [4.69, 9.17) is 21.1 Å². The van der Waals surface area contributed by atoms with Gasteiger partial charge in [0.05, 0.1) is 19.3 Å². The van der Waals surface area contributed by atoms with Gasteiger partial charge in [0.15, 0.2) is 12.4 Å². The summed E-state index contributed by atoms with van der Waals surface area (Å²) >= 11 is 6.46. The predicted molar refractivity (Wildman–Crippen MR) is 115 cm³/mol. The van der Waals surface area contributed by atoms with Gasteiger partial charge in [0, 0.05) is 17.2 Å². The quantitative estimate of drug-likeness (QED) is 0.305. The molecule has 0 aliphatic heterocycles. The van der Waals surface area contributed by atoms with E-state index >= 15 is 0 Å². The van der Waals surface area contributed by atoms with E-state index < -0.39 is 5.97 Å². The number of nitrogens with zero attached hydrogens (tertiary/aromatic N) is 2. The van der Waals surface area contributed by atoms with E-state index in [-0.39, 0.29) is 12.4 Å². The second kappa shape index (κ2) is 9.89. The van der Waals surface area contributed by atoms with Crippen molar-refractivity contribution >= 4 is 29.4 Å². The second-order valence-corrected chi connectivity index (χ2v) is 6.89. The molecule has 0 atom stereocenters. The largest absolute Gasteiger partial charge is 0.497 e. The van der Waals surface area contributed by atoms with Crippen molar-refractivity contribution in [1.82, 2.24) is 9.78 Å². The van der Waals surface area contributed by atoms with Gasteiger partial charge in [0.1, 0.15) is 10.9 Å². The minimum absolute atomic E-state index is 0.266. The predicted octanol–water partition coefficient (Wildman–Crippen LogP) is 4.34. The fourth-order valence-electron chi connectivity index (χ4n) is 2.85. The number of benzene rings is 2. The molecular formula is C23H21ClN2O4. The van der Waals surface area contributed by atoms with Crippen molar-refractivity contribution in [1.29, 1.82) is 0 Å². The first kappa shape index (κ1) is 21.3. The molecule has 2 aromatic carbocycles. The first-order valence-corrected chi connectivity index (χ1v) is 9.64. The molecule has 0 spiro atoms. The maximum atomic E-state index is 12.0. The summed E-state index contributed by atoms with van der Waals surface area (Å²) in [5.74, 6) is -0.145. The van der Waals surface area contributed by atoms with Crippen LogP contribution in [0.4, 0.5) is 0 Å². The zero-order chi connectivity index (χ0) is 21.5. The molecule has 1 aromatic heterocycles. The van der Waals surface area contributed by atoms with E-state index in [1.54, 1.807) is 49.1 Å². The lowest BCUT2D eigenvalue weighted by atomic mass is 10.1. The Hall–Kier alpha value is -3.38. The molecule has 1 heterocycles. The highest BCUT2D eigenvalue weighted by molar-refractivity contribution is 6.31. The Morgan fingerprint density at radius 1 is 1.13 bits per heavy atom. The molecule has 0 saturated carbocycles. The van der Waals surface area contributed by atoms with Gasteiger partial charge in [0.25, 0.3) is 0 Å². The normalized spacial score (nSPS) is 10.9. The molecule has 0 bridgehead atoms. The van der Waals surface area contributed by atoms with Crippen molar-refractivity contribution < 1.29 is 19.1 Å². The molecule has 7 heteroatoms. The van der Waals surface area contributed by atoms with Gasteiger partial charge in [-0.05, 0) is 30.7 Å². The minimum Gasteiger partial charge on any atom is -0.497 e. The van der Waals surface area contributed by atoms with Crippen molar-refractivity contribution in [2.24, 2.45) is 0 Å². The molecule has 3 rings (SSSR count). The lowest BCUT2D eigenvalue weighted by molar-refractivity contribution is -0.136. The van der Waals surface area contributed by atoms with Gasteiger partial charge >= 0.3 is 5.97 Å². The van der Waals surface area contributed by atoms with Crippen LogP contribution in [0.5, 0.6) is 5.75 Å². The van der Waals surface area contributed by atoms with Crippen LogP contribution in [0.2, 0.25) is 5.15 Å². The average Bonchev–Trinajstić information content (AvgIpc) is 3.03. The van der Waals surface area contributed by atoms with E-state index in [1.807, 2.05) is 30.3 Å². The number of carbonyl (C=O) groups is 2. The highest BCUT2D eigenvalue weighted by Gasteiger charge is 2.13. The molecule has 30 heavy (non-hydrogen) atoms. The first-order chi connectivity index (χ1) is 14.5. The third-order valence-electron chi connectivity index (χ3n) is 4.40. The summed E-state index contributed by atoms with van der Waals surface area (Å²) in [5, 5.41) is 4.84. The van der Waals surface area contributed by atoms with Crippen LogP contribution < -0.4 is 4.74 Å². The molecule has 0 aliphatic rings. The molecule has 0 aliphatic carbocycles. The van der Waals surface area contributed by atoms with Gasteiger partial charge in [-0.2, -0.15) is 5.10 Å². The maximum Gasteiger partial charge on any atom is 0.331 e. The van der Waals surface area contributed by atoms with E-state index in [0.29, 0.717) is 28.5 Å². The van der Waals surface area contributed by atoms with E-state index in [2.05, 4.69) is 5.10 Å². The Morgan fingerprint density at radius 3 is 2.63 bits per heavy atom. The summed E-state index contributed by atoms with van der Waals surface area (Å²) in [6.45, 7) is 1.94. The fourth-order valence-corrected chi connectivity index (χ4v) is 3.15. The number of Topliss-reactive ketones (excluding diaryl/α,β-unsaturated/α-hetero) is 1. The number of aryl methyl sites for hydroxylation is 1. The molecular weight excluding hydrogens is 404 g/mol. The molecule has 154 valence electrons. The van der Waals surface area contributed by atoms with Crippen molar-refractivity contribution in [3.05, 3.63) is 88.2 Å². The van der Waals surface area contributed by atoms with Gasteiger partial charge < -0.3 is 9.47 Å². The van der Waals surface area contributed by atoms with Crippen LogP contribution >= 0.6 is 11.6 Å². The second-order valence-electron chi connectivity index (χ2n) is 6.53. The molecule has 6 nitrogen and oxygen atoms in total. The summed E-state index contributed by atoms with van der Waals surface area (Å²) in [4.78, 5) is 24.0. The zero-order valence-electron chi connectivity index (χ0n) is 16.7. The Kier molecular flexibility index (Phi) is 7.03. The summed E-state index contributed by atoms with van der Waals surface area (Å²) in [5.41, 5.74) is 2.76. The van der Waals surface area contributed by atoms with Crippen molar-refractivity contribution in [3.63, 3.8) is 0 Å². The standard InChI is InChI=1S/C23H21ClN2O4/c1-16-20(11-12-22(28)30-15-21(27)18-8-4-3-5-9-18)23(24)26(25-16)14-17-7-6-10-19(13-17)29-2/h3-13H,14-15H2,1-2H3/b12-11+. The van der Waals surface area contributed by atoms with E-state index in [9.17, 15) is 9.59 Å². The van der Waals surface area contributed by atoms with Crippen LogP contribution in [0.15, 0.2) is 60.7 Å². The summed E-state index contributed by atoms with van der Waals surface area (Å²) in [6, 6.07) is 16.3. The topological polar surface area (TPSA) is 70.4 Å². The molecule has 0 N–H and O–H groups in total. The lowest BCUT2D eigenvalue weighted by Gasteiger charge is -2.06. The third kappa shape index (κ3) is 5.36. The Balaban J connectivity index is 1.64. The highest BCUT2D eigenvalue weighted by Crippen LogP contribution is 2.23. The Morgan fingerprint density at radius 2 is 1.90 bits per heavy atom. The molecule has 0 radical (unpaired) electrons. The average molecular weight is 425 g/mol. The van der Waals surface area contributed by atoms with Crippen LogP contribution in [-0.2, 0) is 16.1 Å². The minimum atomic E-state index is -0.629. The summed E-state index contributed by atoms with van der Waals surface area (Å²) in [6.07, 6.45) is 2.78. The van der Waals surface area contributed by atoms with Gasteiger partial charge in [-0.3, -0.25) is 4.79 Å². The molecule has 0 unspecified atom stereocenters. The number of hydrogen-bond donors (Lipinski definition) is 0. The third-order valence-corrected chi connectivity index (χ3v) is 4.80. The fraction of sp³-hybridized carbons (Fsp3) is 0.174. The monoisotopic (exact) mass is 424 g/mol. The van der Waals surface area contributed by atoms with E-state index in [1.165, 1.54) is 6.08 Å². The van der Waals surface area contributed by atoms with Crippen molar-refractivity contribution in [3.8, 4) is 5.75 Å². The number of aromatic nitrogens is 2. The number of methoxy groups -OCH3 is 1. The summed E-state index contributed by atoms with van der Waals surface area (Å²) in [7, 11) is 1.61. The SMILES string of the molecule is COc1cccc(Cn2nc(C)c(/C=C/C(=O)OCC(=O)c3ccccc3)c2Cl)c1. The van der Waals surface area contributed by atoms with Crippen LogP contribution in [0.3, 0.4) is 0 Å². The van der Waals surface area contributed by atoms with Crippen LogP contribution in [0.1, 0.15) is 27.2 Å². The van der Waals surface area contributed by atoms with Crippen molar-refractivity contribution in [2.75, 3.05) is 13.7 Å². The van der Waals surface area contributed by atoms with Gasteiger partial charge in [-0.25, -0.2) is 9.48 Å².